The second-order valence-corrected chi connectivity index (χ2v) is 4.45. The van der Waals surface area contributed by atoms with Crippen LogP contribution in [-0.4, -0.2) is 19.7 Å². The zero-order chi connectivity index (χ0) is 15.5. The van der Waals surface area contributed by atoms with Gasteiger partial charge < -0.3 is 0 Å². The number of hydrogen-bond donors (Lipinski definition) is 0. The number of hydrogen-bond acceptors (Lipinski definition) is 5. The number of nitro groups is 1. The molecule has 0 atom stereocenters. The van der Waals surface area contributed by atoms with Gasteiger partial charge in [-0.25, -0.2) is 4.68 Å². The van der Waals surface area contributed by atoms with Crippen LogP contribution in [-0.2, 0) is 0 Å². The van der Waals surface area contributed by atoms with E-state index in [1.165, 1.54) is 12.1 Å². The second kappa shape index (κ2) is 5.46. The fourth-order valence-electron chi connectivity index (χ4n) is 2.07. The van der Waals surface area contributed by atoms with Crippen molar-refractivity contribution in [2.24, 2.45) is 0 Å². The molecule has 2 aromatic heterocycles. The van der Waals surface area contributed by atoms with Gasteiger partial charge in [-0.1, -0.05) is 0 Å². The Morgan fingerprint density at radius 3 is 2.59 bits per heavy atom. The van der Waals surface area contributed by atoms with Gasteiger partial charge in [0, 0.05) is 36.2 Å². The first-order valence-corrected chi connectivity index (χ1v) is 6.34. The van der Waals surface area contributed by atoms with E-state index in [2.05, 4.69) is 10.1 Å². The van der Waals surface area contributed by atoms with Gasteiger partial charge in [-0.15, -0.1) is 0 Å². The van der Waals surface area contributed by atoms with Crippen molar-refractivity contribution in [1.29, 1.82) is 5.26 Å². The number of pyridine rings is 1. The lowest BCUT2D eigenvalue weighted by atomic mass is 10.2. The summed E-state index contributed by atoms with van der Waals surface area (Å²) in [5.41, 5.74) is 2.39. The summed E-state index contributed by atoms with van der Waals surface area (Å²) < 4.78 is 1.57. The van der Waals surface area contributed by atoms with Crippen LogP contribution in [0.15, 0.2) is 54.9 Å². The monoisotopic (exact) mass is 291 g/mol. The molecule has 3 aromatic rings. The highest BCUT2D eigenvalue weighted by atomic mass is 16.6. The number of rotatable bonds is 3. The summed E-state index contributed by atoms with van der Waals surface area (Å²) in [7, 11) is 0. The molecule has 7 heteroatoms. The summed E-state index contributed by atoms with van der Waals surface area (Å²) in [6.07, 6.45) is 3.32. The predicted molar refractivity (Wildman–Crippen MR) is 78.2 cm³/mol. The van der Waals surface area contributed by atoms with Gasteiger partial charge in [-0.05, 0) is 24.3 Å². The minimum Gasteiger partial charge on any atom is -0.264 e. The molecule has 0 bridgehead atoms. The van der Waals surface area contributed by atoms with Crippen molar-refractivity contribution < 1.29 is 4.92 Å². The smallest absolute Gasteiger partial charge is 0.264 e. The minimum absolute atomic E-state index is 0.000611. The summed E-state index contributed by atoms with van der Waals surface area (Å²) in [6.45, 7) is 0. The number of aromatic nitrogens is 3. The fraction of sp³-hybridized carbons (Fsp3) is 0. The molecule has 0 aliphatic heterocycles. The highest BCUT2D eigenvalue weighted by molar-refractivity contribution is 5.62. The summed E-state index contributed by atoms with van der Waals surface area (Å²) in [4.78, 5) is 14.3. The standard InChI is InChI=1S/C15H9N5O2/c16-9-12-8-15(11-2-1-7-17-10-11)19(18-12)13-3-5-14(6-4-13)20(21)22/h1-8,10H. The van der Waals surface area contributed by atoms with Gasteiger partial charge >= 0.3 is 0 Å². The first-order valence-electron chi connectivity index (χ1n) is 6.34. The molecular formula is C15H9N5O2. The molecule has 7 nitrogen and oxygen atoms in total. The summed E-state index contributed by atoms with van der Waals surface area (Å²) in [5, 5.41) is 24.0. The third-order valence-corrected chi connectivity index (χ3v) is 3.09. The summed E-state index contributed by atoms with van der Waals surface area (Å²) >= 11 is 0. The van der Waals surface area contributed by atoms with E-state index in [1.807, 2.05) is 12.1 Å². The molecule has 0 N–H and O–H groups in total. The van der Waals surface area contributed by atoms with Gasteiger partial charge in [0.2, 0.25) is 0 Å². The van der Waals surface area contributed by atoms with Gasteiger partial charge in [-0.3, -0.25) is 15.1 Å². The molecule has 1 aromatic carbocycles. The van der Waals surface area contributed by atoms with E-state index in [0.717, 1.165) is 5.56 Å². The topological polar surface area (TPSA) is 97.6 Å². The molecule has 0 fully saturated rings. The average molecular weight is 291 g/mol. The Hall–Kier alpha value is -3.53. The van der Waals surface area contributed by atoms with Gasteiger partial charge in [0.1, 0.15) is 6.07 Å². The molecule has 106 valence electrons. The van der Waals surface area contributed by atoms with Crippen molar-refractivity contribution in [3.05, 3.63) is 70.7 Å². The number of non-ortho nitro benzene ring substituents is 1. The van der Waals surface area contributed by atoms with Crippen molar-refractivity contribution in [2.45, 2.75) is 0 Å². The lowest BCUT2D eigenvalue weighted by Crippen LogP contribution is -2.00. The molecule has 0 unspecified atom stereocenters. The zero-order valence-corrected chi connectivity index (χ0v) is 11.2. The van der Waals surface area contributed by atoms with Crippen LogP contribution in [0, 0.1) is 21.4 Å². The van der Waals surface area contributed by atoms with Crippen LogP contribution in [0.3, 0.4) is 0 Å². The largest absolute Gasteiger partial charge is 0.269 e. The van der Waals surface area contributed by atoms with E-state index in [1.54, 1.807) is 41.3 Å². The van der Waals surface area contributed by atoms with Crippen molar-refractivity contribution in [1.82, 2.24) is 14.8 Å². The lowest BCUT2D eigenvalue weighted by Gasteiger charge is -2.06. The van der Waals surface area contributed by atoms with Gasteiger partial charge in [0.05, 0.1) is 16.3 Å². The molecule has 0 amide bonds. The number of nitriles is 1. The number of nitro benzene ring substituents is 1. The Morgan fingerprint density at radius 1 is 1.23 bits per heavy atom. The lowest BCUT2D eigenvalue weighted by molar-refractivity contribution is -0.384. The molecule has 0 aliphatic carbocycles. The molecule has 0 aliphatic rings. The average Bonchev–Trinajstić information content (AvgIpc) is 3.00. The van der Waals surface area contributed by atoms with E-state index >= 15 is 0 Å². The van der Waals surface area contributed by atoms with E-state index in [9.17, 15) is 10.1 Å². The molecular weight excluding hydrogens is 282 g/mol. The molecule has 22 heavy (non-hydrogen) atoms. The van der Waals surface area contributed by atoms with Crippen LogP contribution in [0.1, 0.15) is 5.69 Å². The Labute approximate surface area is 125 Å². The maximum Gasteiger partial charge on any atom is 0.269 e. The van der Waals surface area contributed by atoms with E-state index in [0.29, 0.717) is 11.4 Å². The molecule has 0 spiro atoms. The Bertz CT molecular complexity index is 863. The van der Waals surface area contributed by atoms with E-state index in [-0.39, 0.29) is 11.4 Å². The van der Waals surface area contributed by atoms with Gasteiger partial charge in [0.15, 0.2) is 5.69 Å². The van der Waals surface area contributed by atoms with Gasteiger partial charge in [0.25, 0.3) is 5.69 Å². The predicted octanol–water partition coefficient (Wildman–Crippen LogP) is 2.71. The molecule has 0 radical (unpaired) electrons. The van der Waals surface area contributed by atoms with E-state index < -0.39 is 4.92 Å². The maximum atomic E-state index is 10.7. The molecule has 0 saturated heterocycles. The second-order valence-electron chi connectivity index (χ2n) is 4.45. The normalized spacial score (nSPS) is 10.1. The highest BCUT2D eigenvalue weighted by Crippen LogP contribution is 2.24. The van der Waals surface area contributed by atoms with Crippen molar-refractivity contribution in [3.8, 4) is 23.0 Å². The maximum absolute atomic E-state index is 10.7. The zero-order valence-electron chi connectivity index (χ0n) is 11.2. The van der Waals surface area contributed by atoms with Crippen molar-refractivity contribution in [2.75, 3.05) is 0 Å². The quantitative estimate of drug-likeness (QED) is 0.546. The molecule has 3 rings (SSSR count). The van der Waals surface area contributed by atoms with Crippen LogP contribution in [0.5, 0.6) is 0 Å². The number of benzene rings is 1. The Balaban J connectivity index is 2.12. The Kier molecular flexibility index (Phi) is 3.34. The van der Waals surface area contributed by atoms with Crippen molar-refractivity contribution in [3.63, 3.8) is 0 Å². The van der Waals surface area contributed by atoms with Crippen LogP contribution in [0.2, 0.25) is 0 Å². The van der Waals surface area contributed by atoms with Crippen LogP contribution in [0.25, 0.3) is 16.9 Å². The van der Waals surface area contributed by atoms with Crippen LogP contribution in [0.4, 0.5) is 5.69 Å². The fourth-order valence-corrected chi connectivity index (χ4v) is 2.07. The first kappa shape index (κ1) is 13.5. The van der Waals surface area contributed by atoms with Crippen molar-refractivity contribution >= 4 is 5.69 Å². The van der Waals surface area contributed by atoms with E-state index in [4.69, 9.17) is 5.26 Å². The molecule has 2 heterocycles. The van der Waals surface area contributed by atoms with Crippen LogP contribution < -0.4 is 0 Å². The third kappa shape index (κ3) is 2.41. The highest BCUT2D eigenvalue weighted by Gasteiger charge is 2.13. The Morgan fingerprint density at radius 2 is 2.00 bits per heavy atom. The minimum atomic E-state index is -0.463. The summed E-state index contributed by atoms with van der Waals surface area (Å²) in [6, 6.07) is 13.3. The van der Waals surface area contributed by atoms with Gasteiger partial charge in [-0.2, -0.15) is 10.4 Å². The van der Waals surface area contributed by atoms with Crippen LogP contribution >= 0.6 is 0 Å². The third-order valence-electron chi connectivity index (χ3n) is 3.09. The number of nitrogens with zero attached hydrogens (tertiary/aromatic N) is 5. The first-order chi connectivity index (χ1) is 10.7. The molecule has 0 saturated carbocycles. The summed E-state index contributed by atoms with van der Waals surface area (Å²) in [5.74, 6) is 0. The SMILES string of the molecule is N#Cc1cc(-c2cccnc2)n(-c2ccc([N+](=O)[O-])cc2)n1.